The first-order chi connectivity index (χ1) is 11.1. The molecule has 3 aromatic rings. The minimum Gasteiger partial charge on any atom is -0.454 e. The van der Waals surface area contributed by atoms with Crippen LogP contribution in [0.4, 0.5) is 0 Å². The van der Waals surface area contributed by atoms with Crippen LogP contribution in [0, 0.1) is 0 Å². The standard InChI is InChI=1S/C19H13BrO3/c20-17-9-7-14(8-10-17)18(21)12-23-19(22)16-6-5-13-3-1-2-4-15(13)11-16/h1-11H,12H2. The van der Waals surface area contributed by atoms with E-state index in [9.17, 15) is 9.59 Å². The molecule has 114 valence electrons. The number of halogens is 1. The van der Waals surface area contributed by atoms with Crippen LogP contribution in [0.2, 0.25) is 0 Å². The number of carbonyl (C=O) groups excluding carboxylic acids is 2. The summed E-state index contributed by atoms with van der Waals surface area (Å²) in [7, 11) is 0. The Morgan fingerprint density at radius 2 is 1.48 bits per heavy atom. The molecule has 0 aliphatic rings. The quantitative estimate of drug-likeness (QED) is 0.497. The Bertz CT molecular complexity index is 869. The van der Waals surface area contributed by atoms with Crippen LogP contribution >= 0.6 is 15.9 Å². The number of hydrogen-bond donors (Lipinski definition) is 0. The first-order valence-electron chi connectivity index (χ1n) is 7.08. The lowest BCUT2D eigenvalue weighted by molar-refractivity contribution is 0.0475. The van der Waals surface area contributed by atoms with E-state index in [4.69, 9.17) is 4.74 Å². The van der Waals surface area contributed by atoms with Gasteiger partial charge in [-0.1, -0.05) is 58.4 Å². The zero-order valence-electron chi connectivity index (χ0n) is 12.2. The van der Waals surface area contributed by atoms with Gasteiger partial charge in [0.15, 0.2) is 12.4 Å². The van der Waals surface area contributed by atoms with E-state index in [0.29, 0.717) is 11.1 Å². The lowest BCUT2D eigenvalue weighted by Gasteiger charge is -2.06. The third-order valence-corrected chi connectivity index (χ3v) is 4.01. The summed E-state index contributed by atoms with van der Waals surface area (Å²) in [5.74, 6) is -0.729. The topological polar surface area (TPSA) is 43.4 Å². The first-order valence-corrected chi connectivity index (χ1v) is 7.87. The number of ether oxygens (including phenoxy) is 1. The Morgan fingerprint density at radius 3 is 2.22 bits per heavy atom. The van der Waals surface area contributed by atoms with E-state index in [2.05, 4.69) is 15.9 Å². The van der Waals surface area contributed by atoms with E-state index in [1.807, 2.05) is 30.3 Å². The number of benzene rings is 3. The molecule has 3 nitrogen and oxygen atoms in total. The van der Waals surface area contributed by atoms with Crippen LogP contribution in [0.25, 0.3) is 10.8 Å². The summed E-state index contributed by atoms with van der Waals surface area (Å²) in [6.07, 6.45) is 0. The fourth-order valence-corrected chi connectivity index (χ4v) is 2.51. The normalized spacial score (nSPS) is 10.5. The molecule has 0 saturated carbocycles. The second-order valence-electron chi connectivity index (χ2n) is 5.07. The van der Waals surface area contributed by atoms with Crippen molar-refractivity contribution in [1.82, 2.24) is 0 Å². The molecule has 0 aliphatic heterocycles. The molecule has 0 bridgehead atoms. The maximum absolute atomic E-state index is 12.1. The number of hydrogen-bond acceptors (Lipinski definition) is 3. The fraction of sp³-hybridized carbons (Fsp3) is 0.0526. The number of fused-ring (bicyclic) bond motifs is 1. The van der Waals surface area contributed by atoms with E-state index in [-0.39, 0.29) is 12.4 Å². The smallest absolute Gasteiger partial charge is 0.338 e. The molecular formula is C19H13BrO3. The van der Waals surface area contributed by atoms with Crippen LogP contribution in [-0.2, 0) is 4.74 Å². The van der Waals surface area contributed by atoms with Crippen LogP contribution in [0.15, 0.2) is 71.2 Å². The van der Waals surface area contributed by atoms with Gasteiger partial charge >= 0.3 is 5.97 Å². The van der Waals surface area contributed by atoms with E-state index in [0.717, 1.165) is 15.2 Å². The monoisotopic (exact) mass is 368 g/mol. The van der Waals surface area contributed by atoms with Gasteiger partial charge in [-0.15, -0.1) is 0 Å². The highest BCUT2D eigenvalue weighted by atomic mass is 79.9. The summed E-state index contributed by atoms with van der Waals surface area (Å²) in [5, 5.41) is 2.01. The molecule has 0 heterocycles. The molecule has 0 saturated heterocycles. The van der Waals surface area contributed by atoms with Crippen molar-refractivity contribution in [3.63, 3.8) is 0 Å². The third kappa shape index (κ3) is 3.66. The van der Waals surface area contributed by atoms with E-state index in [1.54, 1.807) is 36.4 Å². The van der Waals surface area contributed by atoms with Crippen molar-refractivity contribution < 1.29 is 14.3 Å². The van der Waals surface area contributed by atoms with Crippen molar-refractivity contribution in [2.45, 2.75) is 0 Å². The Hall–Kier alpha value is -2.46. The first kappa shape index (κ1) is 15.4. The van der Waals surface area contributed by atoms with Crippen molar-refractivity contribution in [2.24, 2.45) is 0 Å². The molecule has 0 aromatic heterocycles. The maximum atomic E-state index is 12.1. The fourth-order valence-electron chi connectivity index (χ4n) is 2.25. The molecule has 0 fully saturated rings. The van der Waals surface area contributed by atoms with Crippen LogP contribution in [0.5, 0.6) is 0 Å². The maximum Gasteiger partial charge on any atom is 0.338 e. The minimum atomic E-state index is -0.499. The lowest BCUT2D eigenvalue weighted by atomic mass is 10.1. The van der Waals surface area contributed by atoms with Crippen LogP contribution in [-0.4, -0.2) is 18.4 Å². The summed E-state index contributed by atoms with van der Waals surface area (Å²) in [6, 6.07) is 20.0. The molecule has 3 aromatic carbocycles. The number of rotatable bonds is 4. The molecule has 0 radical (unpaired) electrons. The molecular weight excluding hydrogens is 356 g/mol. The molecule has 23 heavy (non-hydrogen) atoms. The zero-order chi connectivity index (χ0) is 16.2. The van der Waals surface area contributed by atoms with Crippen LogP contribution in [0.1, 0.15) is 20.7 Å². The number of carbonyl (C=O) groups is 2. The predicted molar refractivity (Wildman–Crippen MR) is 92.7 cm³/mol. The van der Waals surface area contributed by atoms with Gasteiger partial charge in [-0.3, -0.25) is 4.79 Å². The third-order valence-electron chi connectivity index (χ3n) is 3.49. The van der Waals surface area contributed by atoms with E-state index >= 15 is 0 Å². The van der Waals surface area contributed by atoms with Crippen molar-refractivity contribution in [3.05, 3.63) is 82.3 Å². The summed E-state index contributed by atoms with van der Waals surface area (Å²) in [4.78, 5) is 24.1. The summed E-state index contributed by atoms with van der Waals surface area (Å²) < 4.78 is 6.01. The molecule has 3 rings (SSSR count). The second kappa shape index (κ2) is 6.75. The Kier molecular flexibility index (Phi) is 4.53. The van der Waals surface area contributed by atoms with Crippen molar-refractivity contribution >= 4 is 38.5 Å². The van der Waals surface area contributed by atoms with Gasteiger partial charge in [0.1, 0.15) is 0 Å². The van der Waals surface area contributed by atoms with Gasteiger partial charge < -0.3 is 4.74 Å². The van der Waals surface area contributed by atoms with Gasteiger partial charge in [0.05, 0.1) is 5.56 Å². The molecule has 4 heteroatoms. The summed E-state index contributed by atoms with van der Waals surface area (Å²) in [5.41, 5.74) is 0.951. The van der Waals surface area contributed by atoms with E-state index in [1.165, 1.54) is 0 Å². The Morgan fingerprint density at radius 1 is 0.826 bits per heavy atom. The number of ketones is 1. The van der Waals surface area contributed by atoms with Crippen LogP contribution in [0.3, 0.4) is 0 Å². The molecule has 0 amide bonds. The lowest BCUT2D eigenvalue weighted by Crippen LogP contribution is -2.14. The van der Waals surface area contributed by atoms with Gasteiger partial charge in [0, 0.05) is 10.0 Å². The summed E-state index contributed by atoms with van der Waals surface area (Å²) in [6.45, 7) is -0.271. The highest BCUT2D eigenvalue weighted by molar-refractivity contribution is 9.10. The highest BCUT2D eigenvalue weighted by Crippen LogP contribution is 2.16. The number of esters is 1. The van der Waals surface area contributed by atoms with Gasteiger partial charge in [-0.2, -0.15) is 0 Å². The minimum absolute atomic E-state index is 0.230. The van der Waals surface area contributed by atoms with Gasteiger partial charge in [0.25, 0.3) is 0 Å². The number of Topliss-reactive ketones (excluding diaryl/α,β-unsaturated/α-hetero) is 1. The average Bonchev–Trinajstić information content (AvgIpc) is 2.59. The van der Waals surface area contributed by atoms with E-state index < -0.39 is 5.97 Å². The molecule has 0 N–H and O–H groups in total. The largest absolute Gasteiger partial charge is 0.454 e. The molecule has 0 unspecified atom stereocenters. The van der Waals surface area contributed by atoms with Gasteiger partial charge in [-0.05, 0) is 35.0 Å². The van der Waals surface area contributed by atoms with Crippen LogP contribution < -0.4 is 0 Å². The Balaban J connectivity index is 1.68. The Labute approximate surface area is 142 Å². The van der Waals surface area contributed by atoms with Gasteiger partial charge in [0.2, 0.25) is 0 Å². The predicted octanol–water partition coefficient (Wildman–Crippen LogP) is 4.64. The van der Waals surface area contributed by atoms with Crippen molar-refractivity contribution in [1.29, 1.82) is 0 Å². The summed E-state index contributed by atoms with van der Waals surface area (Å²) >= 11 is 3.31. The second-order valence-corrected chi connectivity index (χ2v) is 5.98. The highest BCUT2D eigenvalue weighted by Gasteiger charge is 2.12. The van der Waals surface area contributed by atoms with Crippen molar-refractivity contribution in [2.75, 3.05) is 6.61 Å². The zero-order valence-corrected chi connectivity index (χ0v) is 13.7. The molecule has 0 atom stereocenters. The average molecular weight is 369 g/mol. The van der Waals surface area contributed by atoms with Gasteiger partial charge in [-0.25, -0.2) is 4.79 Å². The van der Waals surface area contributed by atoms with Crippen molar-refractivity contribution in [3.8, 4) is 0 Å². The SMILES string of the molecule is O=C(COC(=O)c1ccc2ccccc2c1)c1ccc(Br)cc1. The molecule has 0 spiro atoms. The molecule has 0 aliphatic carbocycles.